The van der Waals surface area contributed by atoms with Crippen LogP contribution in [-0.2, 0) is 26.6 Å². The van der Waals surface area contributed by atoms with Crippen LogP contribution in [0.1, 0.15) is 34.1 Å². The largest absolute Gasteiger partial charge is 0.397 e. The maximum absolute atomic E-state index is 7.11. The Kier molecular flexibility index (Phi) is 13.8. The van der Waals surface area contributed by atoms with Gasteiger partial charge in [-0.05, 0) is 46.1 Å². The monoisotopic (exact) mass is 578 g/mol. The summed E-state index contributed by atoms with van der Waals surface area (Å²) in [6.07, 6.45) is 3.20. The summed E-state index contributed by atoms with van der Waals surface area (Å²) in [7, 11) is -3.90. The number of hydrogen-bond acceptors (Lipinski definition) is 6. The highest BCUT2D eigenvalue weighted by Crippen LogP contribution is 2.52. The second kappa shape index (κ2) is 13.7. The van der Waals surface area contributed by atoms with E-state index in [2.05, 4.69) is 108 Å². The van der Waals surface area contributed by atoms with Crippen molar-refractivity contribution in [3.63, 3.8) is 0 Å². The standard InChI is InChI=1S/C24H54O6Si5/c1-16-17-19-33(11,12)29-24(4,30-34(13,14)20-18-31(25-5)26-6)23(2,3)32(9,10)21-22-35(15,27-7)28-8/h17-22,31H,16H2,1-15H3. The lowest BCUT2D eigenvalue weighted by Gasteiger charge is -2.55. The Labute approximate surface area is 222 Å². The molecule has 0 heterocycles. The molecule has 0 aromatic carbocycles. The van der Waals surface area contributed by atoms with Gasteiger partial charge in [-0.15, -0.1) is 0 Å². The van der Waals surface area contributed by atoms with Crippen molar-refractivity contribution in [2.45, 2.75) is 90.8 Å². The Bertz CT molecular complexity index is 728. The maximum Gasteiger partial charge on any atom is 0.360 e. The van der Waals surface area contributed by atoms with Crippen LogP contribution in [0.15, 0.2) is 34.6 Å². The molecule has 0 radical (unpaired) electrons. The molecule has 0 spiro atoms. The van der Waals surface area contributed by atoms with Gasteiger partial charge < -0.3 is 26.6 Å². The van der Waals surface area contributed by atoms with Crippen LogP contribution in [0.25, 0.3) is 0 Å². The van der Waals surface area contributed by atoms with Gasteiger partial charge in [0.25, 0.3) is 0 Å². The van der Waals surface area contributed by atoms with Crippen LogP contribution >= 0.6 is 0 Å². The molecule has 0 bridgehead atoms. The first-order chi connectivity index (χ1) is 15.8. The van der Waals surface area contributed by atoms with Crippen molar-refractivity contribution in [2.24, 2.45) is 0 Å². The fourth-order valence-electron chi connectivity index (χ4n) is 3.69. The summed E-state index contributed by atoms with van der Waals surface area (Å²) in [5.74, 6) is -0.795. The van der Waals surface area contributed by atoms with E-state index in [1.807, 2.05) is 0 Å². The van der Waals surface area contributed by atoms with Crippen LogP contribution in [0, 0.1) is 0 Å². The second-order valence-corrected chi connectivity index (χ2v) is 29.2. The summed E-state index contributed by atoms with van der Waals surface area (Å²) in [6.45, 7) is 24.6. The lowest BCUT2D eigenvalue weighted by molar-refractivity contribution is -0.138. The molecule has 0 N–H and O–H groups in total. The van der Waals surface area contributed by atoms with Crippen molar-refractivity contribution in [3.05, 3.63) is 34.6 Å². The van der Waals surface area contributed by atoms with Gasteiger partial charge in [0.15, 0.2) is 0 Å². The Hall–Kier alpha value is 0.0644. The average molecular weight is 579 g/mol. The van der Waals surface area contributed by atoms with Gasteiger partial charge in [-0.2, -0.15) is 0 Å². The van der Waals surface area contributed by atoms with Gasteiger partial charge in [0.2, 0.25) is 16.6 Å². The molecule has 206 valence electrons. The highest BCUT2D eigenvalue weighted by molar-refractivity contribution is 6.87. The number of rotatable bonds is 16. The molecule has 0 fully saturated rings. The molecular formula is C24H54O6Si5. The first-order valence-electron chi connectivity index (χ1n) is 12.4. The molecule has 0 aliphatic heterocycles. The summed E-state index contributed by atoms with van der Waals surface area (Å²) in [6, 6.07) is 0. The third-order valence-electron chi connectivity index (χ3n) is 7.15. The van der Waals surface area contributed by atoms with Crippen molar-refractivity contribution >= 4 is 42.6 Å². The molecule has 6 nitrogen and oxygen atoms in total. The molecule has 0 aliphatic rings. The predicted octanol–water partition coefficient (Wildman–Crippen LogP) is 6.29. The van der Waals surface area contributed by atoms with E-state index in [9.17, 15) is 0 Å². The van der Waals surface area contributed by atoms with E-state index in [-0.39, 0.29) is 5.04 Å². The second-order valence-electron chi connectivity index (χ2n) is 11.5. The summed E-state index contributed by atoms with van der Waals surface area (Å²) in [5, 5.41) is -0.269. The van der Waals surface area contributed by atoms with Crippen molar-refractivity contribution < 1.29 is 26.6 Å². The number of hydrogen-bond donors (Lipinski definition) is 0. The molecule has 35 heavy (non-hydrogen) atoms. The maximum atomic E-state index is 7.11. The third kappa shape index (κ3) is 10.4. The summed E-state index contributed by atoms with van der Waals surface area (Å²) >= 11 is 0. The van der Waals surface area contributed by atoms with E-state index in [0.717, 1.165) is 6.42 Å². The highest BCUT2D eigenvalue weighted by Gasteiger charge is 2.56. The Morgan fingerprint density at radius 1 is 0.686 bits per heavy atom. The van der Waals surface area contributed by atoms with Crippen molar-refractivity contribution in [1.29, 1.82) is 0 Å². The van der Waals surface area contributed by atoms with Crippen LogP contribution in [0.4, 0.5) is 0 Å². The van der Waals surface area contributed by atoms with Gasteiger partial charge in [-0.3, -0.25) is 0 Å². The minimum absolute atomic E-state index is 0.269. The SMILES string of the molecule is CCC=C[Si](C)(C)OC(C)(O[Si](C)(C)C=C[SiH](OC)OC)C(C)(C)[Si](C)(C)C=C[Si](C)(OC)OC. The molecule has 1 unspecified atom stereocenters. The van der Waals surface area contributed by atoms with Gasteiger partial charge in [-0.25, -0.2) is 0 Å². The summed E-state index contributed by atoms with van der Waals surface area (Å²) in [4.78, 5) is 0. The Balaban J connectivity index is 6.57. The summed E-state index contributed by atoms with van der Waals surface area (Å²) < 4.78 is 36.6. The molecule has 1 atom stereocenters. The van der Waals surface area contributed by atoms with Gasteiger partial charge in [-0.1, -0.05) is 68.4 Å². The van der Waals surface area contributed by atoms with E-state index < -0.39 is 48.3 Å². The fraction of sp³-hybridized carbons (Fsp3) is 0.750. The van der Waals surface area contributed by atoms with E-state index in [1.54, 1.807) is 28.4 Å². The van der Waals surface area contributed by atoms with E-state index in [4.69, 9.17) is 26.6 Å². The van der Waals surface area contributed by atoms with E-state index >= 15 is 0 Å². The molecule has 0 amide bonds. The lowest BCUT2D eigenvalue weighted by atomic mass is 10.0. The van der Waals surface area contributed by atoms with Crippen LogP contribution in [0.2, 0.25) is 50.9 Å². The third-order valence-corrected chi connectivity index (χ3v) is 20.2. The Morgan fingerprint density at radius 3 is 1.54 bits per heavy atom. The smallest absolute Gasteiger partial charge is 0.360 e. The molecule has 0 saturated heterocycles. The zero-order chi connectivity index (χ0) is 27.8. The zero-order valence-corrected chi connectivity index (χ0v) is 30.4. The quantitative estimate of drug-likeness (QED) is 0.159. The van der Waals surface area contributed by atoms with Crippen molar-refractivity contribution in [1.82, 2.24) is 0 Å². The molecule has 11 heteroatoms. The van der Waals surface area contributed by atoms with E-state index in [0.29, 0.717) is 0 Å². The molecule has 0 aromatic heterocycles. The van der Waals surface area contributed by atoms with Crippen molar-refractivity contribution in [2.75, 3.05) is 28.4 Å². The van der Waals surface area contributed by atoms with Crippen LogP contribution in [-0.4, -0.2) is 76.8 Å². The van der Waals surface area contributed by atoms with E-state index in [1.165, 1.54) is 0 Å². The van der Waals surface area contributed by atoms with Crippen LogP contribution in [0.5, 0.6) is 0 Å². The minimum atomic E-state index is -2.35. The summed E-state index contributed by atoms with van der Waals surface area (Å²) in [5.41, 5.74) is 11.1. The highest BCUT2D eigenvalue weighted by atomic mass is 28.4. The molecule has 0 rings (SSSR count). The first-order valence-corrected chi connectivity index (χ1v) is 25.5. The topological polar surface area (TPSA) is 55.4 Å². The fourth-order valence-corrected chi connectivity index (χ4v) is 15.5. The van der Waals surface area contributed by atoms with Crippen LogP contribution in [0.3, 0.4) is 0 Å². The molecule has 0 saturated carbocycles. The van der Waals surface area contributed by atoms with Gasteiger partial charge in [0.1, 0.15) is 5.79 Å². The lowest BCUT2D eigenvalue weighted by Crippen LogP contribution is -2.61. The number of allylic oxidation sites excluding steroid dienone is 1. The minimum Gasteiger partial charge on any atom is -0.397 e. The molecular weight excluding hydrogens is 525 g/mol. The van der Waals surface area contributed by atoms with Gasteiger partial charge in [0, 0.05) is 33.5 Å². The Morgan fingerprint density at radius 2 is 1.14 bits per heavy atom. The van der Waals surface area contributed by atoms with Crippen molar-refractivity contribution in [3.8, 4) is 0 Å². The van der Waals surface area contributed by atoms with Gasteiger partial charge in [0.05, 0.1) is 8.07 Å². The normalized spacial score (nSPS) is 16.8. The molecule has 0 aromatic rings. The zero-order valence-electron chi connectivity index (χ0n) is 25.2. The first kappa shape index (κ1) is 35.1. The predicted molar refractivity (Wildman–Crippen MR) is 162 cm³/mol. The van der Waals surface area contributed by atoms with Crippen LogP contribution < -0.4 is 0 Å². The molecule has 0 aliphatic carbocycles. The van der Waals surface area contributed by atoms with Gasteiger partial charge >= 0.3 is 17.8 Å². The average Bonchev–Trinajstić information content (AvgIpc) is 2.75.